The number of primary amides is 1. The minimum atomic E-state index is -1.17. The molecular weight excluding hydrogens is 226 g/mol. The third kappa shape index (κ3) is 3.42. The van der Waals surface area contributed by atoms with Crippen molar-refractivity contribution in [2.75, 3.05) is 6.54 Å². The van der Waals surface area contributed by atoms with E-state index >= 15 is 0 Å². The number of carboxylic acids is 1. The lowest BCUT2D eigenvalue weighted by atomic mass is 10.0. The fourth-order valence-electron chi connectivity index (χ4n) is 1.53. The Morgan fingerprint density at radius 2 is 1.94 bits per heavy atom. The molecule has 96 valence electrons. The van der Waals surface area contributed by atoms with Crippen molar-refractivity contribution >= 4 is 17.8 Å². The summed E-state index contributed by atoms with van der Waals surface area (Å²) in [5.41, 5.74) is 9.80. The Labute approximate surface area is 98.5 Å². The molecule has 0 radical (unpaired) electrons. The number of amides is 2. The van der Waals surface area contributed by atoms with Crippen LogP contribution in [-0.2, 0) is 14.4 Å². The van der Waals surface area contributed by atoms with Crippen LogP contribution in [0.1, 0.15) is 25.7 Å². The van der Waals surface area contributed by atoms with E-state index in [0.717, 1.165) is 0 Å². The molecule has 17 heavy (non-hydrogen) atoms. The number of carbonyl (C=O) groups excluding carboxylic acids is 2. The van der Waals surface area contributed by atoms with E-state index in [0.29, 0.717) is 12.8 Å². The second kappa shape index (κ2) is 5.13. The Bertz CT molecular complexity index is 338. The fourth-order valence-corrected chi connectivity index (χ4v) is 1.53. The molecule has 1 aliphatic carbocycles. The van der Waals surface area contributed by atoms with E-state index in [4.69, 9.17) is 16.6 Å². The number of nitrogens with one attached hydrogen (secondary N) is 1. The lowest BCUT2D eigenvalue weighted by molar-refractivity contribution is -0.143. The molecule has 7 heteroatoms. The molecule has 0 aromatic rings. The van der Waals surface area contributed by atoms with Crippen molar-refractivity contribution in [3.8, 4) is 0 Å². The summed E-state index contributed by atoms with van der Waals surface area (Å²) in [5.74, 6) is -2.12. The summed E-state index contributed by atoms with van der Waals surface area (Å²) in [6.45, 7) is 0.209. The van der Waals surface area contributed by atoms with Crippen LogP contribution in [0, 0.1) is 5.41 Å². The third-order valence-corrected chi connectivity index (χ3v) is 3.01. The zero-order valence-corrected chi connectivity index (χ0v) is 9.44. The largest absolute Gasteiger partial charge is 0.480 e. The molecule has 2 amide bonds. The van der Waals surface area contributed by atoms with Gasteiger partial charge < -0.3 is 21.9 Å². The first kappa shape index (κ1) is 13.4. The van der Waals surface area contributed by atoms with Gasteiger partial charge in [0.15, 0.2) is 0 Å². The van der Waals surface area contributed by atoms with E-state index in [-0.39, 0.29) is 25.3 Å². The van der Waals surface area contributed by atoms with Crippen molar-refractivity contribution in [1.82, 2.24) is 5.32 Å². The van der Waals surface area contributed by atoms with Crippen molar-refractivity contribution in [3.63, 3.8) is 0 Å². The van der Waals surface area contributed by atoms with Crippen molar-refractivity contribution in [2.24, 2.45) is 16.9 Å². The highest BCUT2D eigenvalue weighted by Crippen LogP contribution is 2.44. The predicted molar refractivity (Wildman–Crippen MR) is 58.7 cm³/mol. The quantitative estimate of drug-likeness (QED) is 0.434. The molecule has 0 unspecified atom stereocenters. The van der Waals surface area contributed by atoms with Gasteiger partial charge in [-0.3, -0.25) is 9.59 Å². The molecular formula is C10H17N3O4. The van der Waals surface area contributed by atoms with Gasteiger partial charge in [0.1, 0.15) is 6.04 Å². The monoisotopic (exact) mass is 243 g/mol. The van der Waals surface area contributed by atoms with Crippen LogP contribution in [0.15, 0.2) is 0 Å². The first-order chi connectivity index (χ1) is 7.91. The van der Waals surface area contributed by atoms with Crippen molar-refractivity contribution < 1.29 is 19.5 Å². The molecule has 0 aliphatic heterocycles. The number of carboxylic acid groups (broad SMARTS) is 1. The SMILES string of the molecule is NCC1(C(=O)N[C@@H](CCC(N)=O)C(=O)O)CC1. The maximum absolute atomic E-state index is 11.7. The van der Waals surface area contributed by atoms with Gasteiger partial charge >= 0.3 is 5.97 Å². The van der Waals surface area contributed by atoms with Crippen LogP contribution >= 0.6 is 0 Å². The number of hydrogen-bond donors (Lipinski definition) is 4. The molecule has 0 aromatic carbocycles. The van der Waals surface area contributed by atoms with Crippen molar-refractivity contribution in [3.05, 3.63) is 0 Å². The van der Waals surface area contributed by atoms with Gasteiger partial charge in [0, 0.05) is 13.0 Å². The van der Waals surface area contributed by atoms with Gasteiger partial charge in [0.2, 0.25) is 11.8 Å². The molecule has 1 aliphatic rings. The van der Waals surface area contributed by atoms with Crippen LogP contribution in [-0.4, -0.2) is 35.5 Å². The first-order valence-electron chi connectivity index (χ1n) is 5.43. The van der Waals surface area contributed by atoms with Crippen molar-refractivity contribution in [1.29, 1.82) is 0 Å². The molecule has 0 spiro atoms. The van der Waals surface area contributed by atoms with Gasteiger partial charge in [0.05, 0.1) is 5.41 Å². The first-order valence-corrected chi connectivity index (χ1v) is 5.43. The topological polar surface area (TPSA) is 136 Å². The zero-order chi connectivity index (χ0) is 13.1. The van der Waals surface area contributed by atoms with Crippen molar-refractivity contribution in [2.45, 2.75) is 31.7 Å². The molecule has 1 atom stereocenters. The number of rotatable bonds is 7. The van der Waals surface area contributed by atoms with E-state index in [1.54, 1.807) is 0 Å². The maximum Gasteiger partial charge on any atom is 0.326 e. The number of nitrogens with two attached hydrogens (primary N) is 2. The molecule has 0 heterocycles. The second-order valence-corrected chi connectivity index (χ2v) is 4.35. The molecule has 1 rings (SSSR count). The van der Waals surface area contributed by atoms with E-state index < -0.39 is 23.3 Å². The number of carbonyl (C=O) groups is 3. The Balaban J connectivity index is 2.52. The molecule has 7 nitrogen and oxygen atoms in total. The van der Waals surface area contributed by atoms with Crippen LogP contribution in [0.5, 0.6) is 0 Å². The Morgan fingerprint density at radius 1 is 1.35 bits per heavy atom. The van der Waals surface area contributed by atoms with E-state index in [9.17, 15) is 14.4 Å². The molecule has 0 bridgehead atoms. The van der Waals surface area contributed by atoms with Crippen LogP contribution in [0.4, 0.5) is 0 Å². The van der Waals surface area contributed by atoms with E-state index in [2.05, 4.69) is 5.32 Å². The van der Waals surface area contributed by atoms with Crippen LogP contribution < -0.4 is 16.8 Å². The van der Waals surface area contributed by atoms with Gasteiger partial charge in [-0.2, -0.15) is 0 Å². The second-order valence-electron chi connectivity index (χ2n) is 4.35. The van der Waals surface area contributed by atoms with E-state index in [1.807, 2.05) is 0 Å². The highest BCUT2D eigenvalue weighted by Gasteiger charge is 2.49. The third-order valence-electron chi connectivity index (χ3n) is 3.01. The highest BCUT2D eigenvalue weighted by atomic mass is 16.4. The fraction of sp³-hybridized carbons (Fsp3) is 0.700. The van der Waals surface area contributed by atoms with Crippen LogP contribution in [0.25, 0.3) is 0 Å². The number of hydrogen-bond acceptors (Lipinski definition) is 4. The Hall–Kier alpha value is -1.63. The molecule has 0 aromatic heterocycles. The van der Waals surface area contributed by atoms with Gasteiger partial charge in [0.25, 0.3) is 0 Å². The summed E-state index contributed by atoms with van der Waals surface area (Å²) in [7, 11) is 0. The summed E-state index contributed by atoms with van der Waals surface area (Å²) in [5, 5.41) is 11.3. The molecule has 1 saturated carbocycles. The van der Waals surface area contributed by atoms with Gasteiger partial charge in [-0.15, -0.1) is 0 Å². The summed E-state index contributed by atoms with van der Waals surface area (Å²) in [6.07, 6.45) is 1.28. The summed E-state index contributed by atoms with van der Waals surface area (Å²) < 4.78 is 0. The maximum atomic E-state index is 11.7. The van der Waals surface area contributed by atoms with E-state index in [1.165, 1.54) is 0 Å². The summed E-state index contributed by atoms with van der Waals surface area (Å²) >= 11 is 0. The predicted octanol–water partition coefficient (Wildman–Crippen LogP) is -1.44. The molecule has 1 fully saturated rings. The lowest BCUT2D eigenvalue weighted by Crippen LogP contribution is -2.46. The van der Waals surface area contributed by atoms with Crippen LogP contribution in [0.2, 0.25) is 0 Å². The molecule has 0 saturated heterocycles. The van der Waals surface area contributed by atoms with Gasteiger partial charge in [-0.25, -0.2) is 4.79 Å². The average Bonchev–Trinajstić information content (AvgIpc) is 3.03. The average molecular weight is 243 g/mol. The number of aliphatic carboxylic acids is 1. The Kier molecular flexibility index (Phi) is 4.06. The standard InChI is InChI=1S/C10H17N3O4/c11-5-10(3-4-10)9(17)13-6(8(15)16)1-2-7(12)14/h6H,1-5,11H2,(H2,12,14)(H,13,17)(H,15,16)/t6-/m0/s1. The smallest absolute Gasteiger partial charge is 0.326 e. The normalized spacial score (nSPS) is 18.2. The Morgan fingerprint density at radius 3 is 2.29 bits per heavy atom. The van der Waals surface area contributed by atoms with Gasteiger partial charge in [-0.05, 0) is 19.3 Å². The summed E-state index contributed by atoms with van der Waals surface area (Å²) in [4.78, 5) is 33.2. The minimum absolute atomic E-state index is 0.00292. The lowest BCUT2D eigenvalue weighted by Gasteiger charge is -2.18. The molecule has 6 N–H and O–H groups in total. The van der Waals surface area contributed by atoms with Gasteiger partial charge in [-0.1, -0.05) is 0 Å². The zero-order valence-electron chi connectivity index (χ0n) is 9.44. The minimum Gasteiger partial charge on any atom is -0.480 e. The highest BCUT2D eigenvalue weighted by molar-refractivity contribution is 5.89. The summed E-state index contributed by atoms with van der Waals surface area (Å²) in [6, 6.07) is -1.08. The van der Waals surface area contributed by atoms with Crippen LogP contribution in [0.3, 0.4) is 0 Å².